The van der Waals surface area contributed by atoms with Gasteiger partial charge in [-0.25, -0.2) is 0 Å². The third kappa shape index (κ3) is 1.79. The van der Waals surface area contributed by atoms with Gasteiger partial charge in [-0.1, -0.05) is 15.9 Å². The molecule has 0 spiro atoms. The number of rotatable bonds is 1. The summed E-state index contributed by atoms with van der Waals surface area (Å²) >= 11 is 3.38. The molecule has 0 saturated carbocycles. The van der Waals surface area contributed by atoms with Gasteiger partial charge in [0.15, 0.2) is 0 Å². The van der Waals surface area contributed by atoms with Crippen molar-refractivity contribution in [2.75, 3.05) is 0 Å². The SMILES string of the molecule is Cc1cc(O)c([C@@H](C)N)cc1Br. The van der Waals surface area contributed by atoms with Gasteiger partial charge in [0.2, 0.25) is 0 Å². The van der Waals surface area contributed by atoms with E-state index in [-0.39, 0.29) is 11.8 Å². The molecule has 0 aliphatic heterocycles. The lowest BCUT2D eigenvalue weighted by atomic mass is 10.1. The number of halogens is 1. The Morgan fingerprint density at radius 2 is 2.08 bits per heavy atom. The fourth-order valence-corrected chi connectivity index (χ4v) is 1.41. The molecule has 2 nitrogen and oxygen atoms in total. The minimum absolute atomic E-state index is 0.137. The van der Waals surface area contributed by atoms with Crippen molar-refractivity contribution in [2.24, 2.45) is 5.73 Å². The minimum atomic E-state index is -0.137. The van der Waals surface area contributed by atoms with Crippen LogP contribution < -0.4 is 5.73 Å². The molecule has 1 atom stereocenters. The Morgan fingerprint density at radius 1 is 1.50 bits per heavy atom. The van der Waals surface area contributed by atoms with Crippen LogP contribution in [0.15, 0.2) is 16.6 Å². The second-order valence-electron chi connectivity index (χ2n) is 2.95. The van der Waals surface area contributed by atoms with Crippen LogP contribution in [0.3, 0.4) is 0 Å². The third-order valence-corrected chi connectivity index (χ3v) is 2.65. The van der Waals surface area contributed by atoms with Crippen molar-refractivity contribution in [3.05, 3.63) is 27.7 Å². The second kappa shape index (κ2) is 3.46. The van der Waals surface area contributed by atoms with Crippen molar-refractivity contribution < 1.29 is 5.11 Å². The maximum atomic E-state index is 9.49. The lowest BCUT2D eigenvalue weighted by molar-refractivity contribution is 0.463. The predicted octanol–water partition coefficient (Wildman–Crippen LogP) is 2.48. The van der Waals surface area contributed by atoms with Gasteiger partial charge in [0.1, 0.15) is 5.75 Å². The molecule has 1 aromatic rings. The number of benzene rings is 1. The van der Waals surface area contributed by atoms with Gasteiger partial charge in [-0.2, -0.15) is 0 Å². The van der Waals surface area contributed by atoms with Crippen LogP contribution in [0.4, 0.5) is 0 Å². The van der Waals surface area contributed by atoms with Crippen molar-refractivity contribution in [3.63, 3.8) is 0 Å². The van der Waals surface area contributed by atoms with E-state index in [1.165, 1.54) is 0 Å². The molecule has 0 bridgehead atoms. The van der Waals surface area contributed by atoms with Crippen molar-refractivity contribution in [1.82, 2.24) is 0 Å². The molecule has 12 heavy (non-hydrogen) atoms. The Bertz CT molecular complexity index is 297. The molecular formula is C9H12BrNO. The van der Waals surface area contributed by atoms with E-state index in [0.717, 1.165) is 15.6 Å². The van der Waals surface area contributed by atoms with Crippen LogP contribution in [0.25, 0.3) is 0 Å². The van der Waals surface area contributed by atoms with Gasteiger partial charge >= 0.3 is 0 Å². The summed E-state index contributed by atoms with van der Waals surface area (Å²) in [7, 11) is 0. The van der Waals surface area contributed by atoms with Crippen LogP contribution in [0.1, 0.15) is 24.1 Å². The van der Waals surface area contributed by atoms with E-state index in [2.05, 4.69) is 15.9 Å². The largest absolute Gasteiger partial charge is 0.508 e. The molecule has 0 unspecified atom stereocenters. The van der Waals surface area contributed by atoms with E-state index in [4.69, 9.17) is 5.73 Å². The van der Waals surface area contributed by atoms with Crippen LogP contribution in [0.2, 0.25) is 0 Å². The van der Waals surface area contributed by atoms with Gasteiger partial charge in [0.25, 0.3) is 0 Å². The molecule has 66 valence electrons. The summed E-state index contributed by atoms with van der Waals surface area (Å²) in [6.45, 7) is 3.77. The van der Waals surface area contributed by atoms with Crippen LogP contribution in [-0.2, 0) is 0 Å². The molecule has 0 aliphatic rings. The fraction of sp³-hybridized carbons (Fsp3) is 0.333. The van der Waals surface area contributed by atoms with Crippen molar-refractivity contribution in [2.45, 2.75) is 19.9 Å². The number of phenolic OH excluding ortho intramolecular Hbond substituents is 1. The maximum Gasteiger partial charge on any atom is 0.120 e. The summed E-state index contributed by atoms with van der Waals surface area (Å²) in [4.78, 5) is 0. The monoisotopic (exact) mass is 229 g/mol. The molecule has 0 radical (unpaired) electrons. The highest BCUT2D eigenvalue weighted by molar-refractivity contribution is 9.10. The number of phenols is 1. The Morgan fingerprint density at radius 3 is 2.58 bits per heavy atom. The van der Waals surface area contributed by atoms with Crippen LogP contribution in [0.5, 0.6) is 5.75 Å². The van der Waals surface area contributed by atoms with E-state index in [0.29, 0.717) is 0 Å². The zero-order valence-corrected chi connectivity index (χ0v) is 8.72. The molecule has 1 aromatic carbocycles. The number of hydrogen-bond donors (Lipinski definition) is 2. The fourth-order valence-electron chi connectivity index (χ4n) is 1.05. The Labute approximate surface area is 80.5 Å². The van der Waals surface area contributed by atoms with Crippen LogP contribution >= 0.6 is 15.9 Å². The molecule has 0 amide bonds. The Balaban J connectivity index is 3.23. The van der Waals surface area contributed by atoms with E-state index in [1.54, 1.807) is 6.07 Å². The third-order valence-electron chi connectivity index (χ3n) is 1.80. The topological polar surface area (TPSA) is 46.2 Å². The Hall–Kier alpha value is -0.540. The Kier molecular flexibility index (Phi) is 2.75. The summed E-state index contributed by atoms with van der Waals surface area (Å²) in [6, 6.07) is 3.43. The molecule has 0 fully saturated rings. The van der Waals surface area contributed by atoms with Crippen molar-refractivity contribution >= 4 is 15.9 Å². The number of nitrogens with two attached hydrogens (primary N) is 1. The minimum Gasteiger partial charge on any atom is -0.508 e. The van der Waals surface area contributed by atoms with E-state index in [1.807, 2.05) is 19.9 Å². The average Bonchev–Trinajstić information content (AvgIpc) is 1.96. The first-order chi connectivity index (χ1) is 5.52. The molecule has 0 aromatic heterocycles. The molecule has 3 heteroatoms. The number of aromatic hydroxyl groups is 1. The van der Waals surface area contributed by atoms with Crippen molar-refractivity contribution in [3.8, 4) is 5.75 Å². The second-order valence-corrected chi connectivity index (χ2v) is 3.80. The van der Waals surface area contributed by atoms with Crippen LogP contribution in [-0.4, -0.2) is 5.11 Å². The molecule has 1 rings (SSSR count). The van der Waals surface area contributed by atoms with Gasteiger partial charge in [-0.3, -0.25) is 0 Å². The number of hydrogen-bond acceptors (Lipinski definition) is 2. The highest BCUT2D eigenvalue weighted by Gasteiger charge is 2.07. The zero-order valence-electron chi connectivity index (χ0n) is 7.13. The quantitative estimate of drug-likeness (QED) is 0.778. The first kappa shape index (κ1) is 9.55. The first-order valence-electron chi connectivity index (χ1n) is 3.77. The van der Waals surface area contributed by atoms with Crippen LogP contribution in [0, 0.1) is 6.92 Å². The highest BCUT2D eigenvalue weighted by Crippen LogP contribution is 2.29. The molecular weight excluding hydrogens is 218 g/mol. The van der Waals surface area contributed by atoms with Gasteiger partial charge in [-0.15, -0.1) is 0 Å². The van der Waals surface area contributed by atoms with Crippen molar-refractivity contribution in [1.29, 1.82) is 0 Å². The van der Waals surface area contributed by atoms with E-state index >= 15 is 0 Å². The molecule has 0 saturated heterocycles. The smallest absolute Gasteiger partial charge is 0.120 e. The molecule has 0 aliphatic carbocycles. The summed E-state index contributed by atoms with van der Waals surface area (Å²) in [5.41, 5.74) is 7.43. The van der Waals surface area contributed by atoms with Gasteiger partial charge in [-0.05, 0) is 31.5 Å². The standard InChI is InChI=1S/C9H12BrNO/c1-5-3-9(12)7(6(2)11)4-8(5)10/h3-4,6,12H,11H2,1-2H3/t6-/m1/s1. The van der Waals surface area contributed by atoms with E-state index < -0.39 is 0 Å². The summed E-state index contributed by atoms with van der Waals surface area (Å²) < 4.78 is 0.979. The maximum absolute atomic E-state index is 9.49. The summed E-state index contributed by atoms with van der Waals surface area (Å²) in [6.07, 6.45) is 0. The number of aryl methyl sites for hydroxylation is 1. The zero-order chi connectivity index (χ0) is 9.30. The normalized spacial score (nSPS) is 13.0. The predicted molar refractivity (Wildman–Crippen MR) is 53.1 cm³/mol. The highest BCUT2D eigenvalue weighted by atomic mass is 79.9. The summed E-state index contributed by atoms with van der Waals surface area (Å²) in [5.74, 6) is 0.269. The lowest BCUT2D eigenvalue weighted by Gasteiger charge is -2.10. The lowest BCUT2D eigenvalue weighted by Crippen LogP contribution is -2.05. The first-order valence-corrected chi connectivity index (χ1v) is 4.56. The average molecular weight is 230 g/mol. The van der Waals surface area contributed by atoms with Gasteiger partial charge in [0, 0.05) is 16.1 Å². The van der Waals surface area contributed by atoms with E-state index in [9.17, 15) is 5.11 Å². The molecule has 3 N–H and O–H groups in total. The summed E-state index contributed by atoms with van der Waals surface area (Å²) in [5, 5.41) is 9.49. The van der Waals surface area contributed by atoms with Gasteiger partial charge < -0.3 is 10.8 Å². The molecule has 0 heterocycles. The van der Waals surface area contributed by atoms with Gasteiger partial charge in [0.05, 0.1) is 0 Å².